The Morgan fingerprint density at radius 3 is 2.65 bits per heavy atom. The fourth-order valence-corrected chi connectivity index (χ4v) is 4.67. The molecule has 3 aromatic rings. The number of aliphatic hydroxyl groups is 1. The maximum atomic E-state index is 13.3. The van der Waals surface area contributed by atoms with Crippen molar-refractivity contribution in [2.75, 3.05) is 18.5 Å². The molecule has 2 aliphatic rings. The number of rotatable bonds is 2. The lowest BCUT2D eigenvalue weighted by Gasteiger charge is -2.39. The van der Waals surface area contributed by atoms with Crippen molar-refractivity contribution in [1.82, 2.24) is 9.88 Å². The molecule has 3 atom stereocenters. The van der Waals surface area contributed by atoms with Crippen molar-refractivity contribution in [1.29, 1.82) is 0 Å². The molecule has 1 amide bonds. The van der Waals surface area contributed by atoms with Crippen molar-refractivity contribution in [2.24, 2.45) is 5.92 Å². The van der Waals surface area contributed by atoms with Gasteiger partial charge in [-0.15, -0.1) is 0 Å². The van der Waals surface area contributed by atoms with Crippen LogP contribution in [0.15, 0.2) is 72.9 Å². The number of carbonyl (C=O) groups excluding carboxylic acids is 1. The predicted octanol–water partition coefficient (Wildman–Crippen LogP) is 3.47. The van der Waals surface area contributed by atoms with Crippen molar-refractivity contribution < 1.29 is 9.90 Å². The van der Waals surface area contributed by atoms with Crippen LogP contribution in [0, 0.1) is 17.8 Å². The molecule has 0 radical (unpaired) electrons. The lowest BCUT2D eigenvalue weighted by molar-refractivity contribution is 0.0695. The van der Waals surface area contributed by atoms with E-state index in [-0.39, 0.29) is 30.5 Å². The van der Waals surface area contributed by atoms with E-state index in [4.69, 9.17) is 0 Å². The minimum absolute atomic E-state index is 0.0296. The maximum Gasteiger partial charge on any atom is 0.272 e. The van der Waals surface area contributed by atoms with Crippen molar-refractivity contribution in [3.05, 3.63) is 95.3 Å². The van der Waals surface area contributed by atoms with Crippen LogP contribution >= 0.6 is 0 Å². The molecule has 0 unspecified atom stereocenters. The van der Waals surface area contributed by atoms with E-state index >= 15 is 0 Å². The number of nitrogens with zero attached hydrogens (tertiary/aromatic N) is 2. The zero-order valence-electron chi connectivity index (χ0n) is 17.0. The lowest BCUT2D eigenvalue weighted by Crippen LogP contribution is -2.43. The maximum absolute atomic E-state index is 13.3. The summed E-state index contributed by atoms with van der Waals surface area (Å²) in [6.07, 6.45) is 2.48. The lowest BCUT2D eigenvalue weighted by atomic mass is 9.82. The van der Waals surface area contributed by atoms with Gasteiger partial charge in [-0.1, -0.05) is 36.1 Å². The summed E-state index contributed by atoms with van der Waals surface area (Å²) in [6.45, 7) is 0.671. The monoisotopic (exact) mass is 409 g/mol. The molecule has 31 heavy (non-hydrogen) atoms. The molecule has 0 spiro atoms. The van der Waals surface area contributed by atoms with E-state index < -0.39 is 0 Å². The molecule has 3 heterocycles. The van der Waals surface area contributed by atoms with Crippen molar-refractivity contribution >= 4 is 11.6 Å². The molecule has 1 saturated heterocycles. The van der Waals surface area contributed by atoms with E-state index in [1.807, 2.05) is 59.5 Å². The third-order valence-electron chi connectivity index (χ3n) is 6.14. The van der Waals surface area contributed by atoms with Crippen LogP contribution in [0.25, 0.3) is 0 Å². The number of nitrogens with one attached hydrogen (secondary N) is 1. The first kappa shape index (κ1) is 19.3. The van der Waals surface area contributed by atoms with Crippen LogP contribution in [0.1, 0.15) is 39.6 Å². The van der Waals surface area contributed by atoms with Crippen LogP contribution in [-0.2, 0) is 0 Å². The van der Waals surface area contributed by atoms with Gasteiger partial charge in [0.1, 0.15) is 5.69 Å². The Labute approximate surface area is 181 Å². The molecule has 2 aromatic carbocycles. The van der Waals surface area contributed by atoms with E-state index in [9.17, 15) is 9.90 Å². The Bertz CT molecular complexity index is 1150. The first-order valence-corrected chi connectivity index (χ1v) is 10.5. The molecule has 5 nitrogen and oxygen atoms in total. The average molecular weight is 409 g/mol. The fraction of sp³-hybridized carbons (Fsp3) is 0.231. The highest BCUT2D eigenvalue weighted by atomic mass is 16.3. The number of carbonyl (C=O) groups is 1. The number of fused-ring (bicyclic) bond motifs is 3. The normalized spacial score (nSPS) is 21.3. The highest BCUT2D eigenvalue weighted by molar-refractivity contribution is 5.93. The number of hydrogen-bond acceptors (Lipinski definition) is 4. The topological polar surface area (TPSA) is 65.5 Å². The van der Waals surface area contributed by atoms with Gasteiger partial charge in [0.05, 0.1) is 18.7 Å². The summed E-state index contributed by atoms with van der Waals surface area (Å²) < 4.78 is 0. The van der Waals surface area contributed by atoms with Crippen LogP contribution in [-0.4, -0.2) is 40.1 Å². The van der Waals surface area contributed by atoms with Gasteiger partial charge in [-0.05, 0) is 54.4 Å². The van der Waals surface area contributed by atoms with Crippen LogP contribution in [0.3, 0.4) is 0 Å². The van der Waals surface area contributed by atoms with Gasteiger partial charge in [-0.3, -0.25) is 9.78 Å². The van der Waals surface area contributed by atoms with E-state index in [0.29, 0.717) is 12.2 Å². The van der Waals surface area contributed by atoms with Crippen LogP contribution in [0.4, 0.5) is 5.69 Å². The number of hydrogen-bond donors (Lipinski definition) is 2. The first-order valence-electron chi connectivity index (χ1n) is 10.5. The zero-order valence-corrected chi connectivity index (χ0v) is 17.0. The number of aliphatic hydroxyl groups excluding tert-OH is 1. The number of anilines is 1. The van der Waals surface area contributed by atoms with Gasteiger partial charge in [0.15, 0.2) is 0 Å². The summed E-state index contributed by atoms with van der Waals surface area (Å²) >= 11 is 0. The molecule has 154 valence electrons. The second kappa shape index (κ2) is 8.25. The minimum atomic E-state index is -0.110. The van der Waals surface area contributed by atoms with Gasteiger partial charge in [-0.2, -0.15) is 0 Å². The summed E-state index contributed by atoms with van der Waals surface area (Å²) in [5.41, 5.74) is 4.32. The molecular formula is C26H23N3O2. The Balaban J connectivity index is 1.52. The Hall–Kier alpha value is -3.62. The van der Waals surface area contributed by atoms with E-state index in [2.05, 4.69) is 28.2 Å². The summed E-state index contributed by atoms with van der Waals surface area (Å²) in [5.74, 6) is 6.53. The van der Waals surface area contributed by atoms with Gasteiger partial charge in [0.25, 0.3) is 5.91 Å². The van der Waals surface area contributed by atoms with Crippen molar-refractivity contribution in [3.63, 3.8) is 0 Å². The summed E-state index contributed by atoms with van der Waals surface area (Å²) in [7, 11) is 0. The molecule has 0 bridgehead atoms. The largest absolute Gasteiger partial charge is 0.394 e. The van der Waals surface area contributed by atoms with Crippen LogP contribution < -0.4 is 5.32 Å². The second-order valence-corrected chi connectivity index (χ2v) is 7.96. The molecule has 5 rings (SSSR count). The summed E-state index contributed by atoms with van der Waals surface area (Å²) in [5, 5.41) is 13.4. The zero-order chi connectivity index (χ0) is 21.2. The molecule has 0 saturated carbocycles. The third kappa shape index (κ3) is 3.67. The highest BCUT2D eigenvalue weighted by Crippen LogP contribution is 2.46. The predicted molar refractivity (Wildman–Crippen MR) is 119 cm³/mol. The summed E-state index contributed by atoms with van der Waals surface area (Å²) in [6, 6.07) is 21.2. The quantitative estimate of drug-likeness (QED) is 0.636. The molecule has 2 N–H and O–H groups in total. The Kier molecular flexibility index (Phi) is 5.15. The van der Waals surface area contributed by atoms with E-state index in [1.165, 1.54) is 0 Å². The molecule has 1 aromatic heterocycles. The average Bonchev–Trinajstić information content (AvgIpc) is 3.28. The molecule has 0 aliphatic carbocycles. The standard InChI is InChI=1S/C26H23N3O2/c30-17-24-20-13-15-29(26(31)23-8-4-5-14-27-23)25(20)21-16-19(11-12-22(21)28-24)10-9-18-6-2-1-3-7-18/h1-8,11-12,14,16,20,24-25,28,30H,13,15,17H2/t20-,24-,25-/m0/s1. The summed E-state index contributed by atoms with van der Waals surface area (Å²) in [4.78, 5) is 19.4. The number of aromatic nitrogens is 1. The SMILES string of the molecule is O=C(c1ccccn1)N1CC[C@H]2[C@H](CO)Nc3ccc(C#Cc4ccccc4)cc3[C@H]21. The van der Waals surface area contributed by atoms with Crippen molar-refractivity contribution in [2.45, 2.75) is 18.5 Å². The van der Waals surface area contributed by atoms with E-state index in [1.54, 1.807) is 12.3 Å². The van der Waals surface area contributed by atoms with Gasteiger partial charge < -0.3 is 15.3 Å². The number of likely N-dealkylation sites (tertiary alicyclic amines) is 1. The number of pyridine rings is 1. The number of amides is 1. The second-order valence-electron chi connectivity index (χ2n) is 7.96. The molecule has 5 heteroatoms. The van der Waals surface area contributed by atoms with Crippen LogP contribution in [0.5, 0.6) is 0 Å². The molecular weight excluding hydrogens is 386 g/mol. The van der Waals surface area contributed by atoms with Gasteiger partial charge in [-0.25, -0.2) is 0 Å². The molecule has 2 aliphatic heterocycles. The minimum Gasteiger partial charge on any atom is -0.394 e. The molecule has 1 fully saturated rings. The number of benzene rings is 2. The fourth-order valence-electron chi connectivity index (χ4n) is 4.67. The van der Waals surface area contributed by atoms with Crippen LogP contribution in [0.2, 0.25) is 0 Å². The smallest absolute Gasteiger partial charge is 0.272 e. The Morgan fingerprint density at radius 2 is 1.87 bits per heavy atom. The first-order chi connectivity index (χ1) is 15.2. The third-order valence-corrected chi connectivity index (χ3v) is 6.14. The van der Waals surface area contributed by atoms with Gasteiger partial charge >= 0.3 is 0 Å². The van der Waals surface area contributed by atoms with E-state index in [0.717, 1.165) is 28.8 Å². The van der Waals surface area contributed by atoms with Crippen molar-refractivity contribution in [3.8, 4) is 11.8 Å². The highest BCUT2D eigenvalue weighted by Gasteiger charge is 2.46. The van der Waals surface area contributed by atoms with Gasteiger partial charge in [0.2, 0.25) is 0 Å². The van der Waals surface area contributed by atoms with Gasteiger partial charge in [0, 0.05) is 35.5 Å². The Morgan fingerprint density at radius 1 is 1.06 bits per heavy atom.